The third-order valence-electron chi connectivity index (χ3n) is 3.66. The first-order valence-electron chi connectivity index (χ1n) is 8.04. The van der Waals surface area contributed by atoms with Crippen molar-refractivity contribution in [3.63, 3.8) is 0 Å². The van der Waals surface area contributed by atoms with Gasteiger partial charge in [-0.1, -0.05) is 29.3 Å². The first-order chi connectivity index (χ1) is 13.5. The second kappa shape index (κ2) is 8.73. The molecular weight excluding hydrogens is 405 g/mol. The van der Waals surface area contributed by atoms with Gasteiger partial charge in [0.1, 0.15) is 5.76 Å². The number of ether oxygens (including phenoxy) is 1. The molecule has 8 heteroatoms. The van der Waals surface area contributed by atoms with Gasteiger partial charge < -0.3 is 14.5 Å². The average molecular weight is 418 g/mol. The number of hydrogen-bond donors (Lipinski definition) is 1. The summed E-state index contributed by atoms with van der Waals surface area (Å²) in [6, 6.07) is 14.3. The molecule has 0 radical (unpaired) electrons. The smallest absolute Gasteiger partial charge is 0.340 e. The van der Waals surface area contributed by atoms with Crippen LogP contribution in [0.3, 0.4) is 0 Å². The number of furan rings is 1. The van der Waals surface area contributed by atoms with Gasteiger partial charge in [0.25, 0.3) is 5.91 Å². The van der Waals surface area contributed by atoms with Crippen molar-refractivity contribution in [2.24, 2.45) is 0 Å². The lowest BCUT2D eigenvalue weighted by Gasteiger charge is -2.09. The molecule has 142 valence electrons. The summed E-state index contributed by atoms with van der Waals surface area (Å²) in [6.07, 6.45) is 0.577. The van der Waals surface area contributed by atoms with Crippen LogP contribution in [0.2, 0.25) is 10.0 Å². The Kier molecular flexibility index (Phi) is 6.13. The van der Waals surface area contributed by atoms with Crippen molar-refractivity contribution in [2.45, 2.75) is 0 Å². The number of esters is 1. The average Bonchev–Trinajstić information content (AvgIpc) is 3.16. The van der Waals surface area contributed by atoms with Crippen molar-refractivity contribution in [2.75, 3.05) is 11.9 Å². The molecule has 3 aromatic rings. The monoisotopic (exact) mass is 417 g/mol. The van der Waals surface area contributed by atoms with E-state index in [1.165, 1.54) is 18.2 Å². The molecule has 0 atom stereocenters. The zero-order chi connectivity index (χ0) is 20.1. The molecule has 6 nitrogen and oxygen atoms in total. The first-order valence-corrected chi connectivity index (χ1v) is 8.79. The number of aldehydes is 1. The fraction of sp³-hybridized carbons (Fsp3) is 0.0500. The number of rotatable bonds is 6. The molecular formula is C20H13Cl2NO5. The third-order valence-corrected chi connectivity index (χ3v) is 4.22. The van der Waals surface area contributed by atoms with Crippen LogP contribution in [-0.2, 0) is 9.53 Å². The van der Waals surface area contributed by atoms with Gasteiger partial charge in [-0.05, 0) is 48.5 Å². The third kappa shape index (κ3) is 4.79. The first kappa shape index (κ1) is 19.7. The summed E-state index contributed by atoms with van der Waals surface area (Å²) >= 11 is 11.9. The molecule has 0 fully saturated rings. The van der Waals surface area contributed by atoms with E-state index >= 15 is 0 Å². The second-order valence-electron chi connectivity index (χ2n) is 5.65. The number of benzene rings is 2. The predicted molar refractivity (Wildman–Crippen MR) is 105 cm³/mol. The summed E-state index contributed by atoms with van der Waals surface area (Å²) in [7, 11) is 0. The number of amides is 1. The molecule has 1 amide bonds. The van der Waals surface area contributed by atoms with E-state index in [-0.39, 0.29) is 16.3 Å². The number of carbonyl (C=O) groups is 3. The fourth-order valence-corrected chi connectivity index (χ4v) is 2.76. The van der Waals surface area contributed by atoms with Crippen LogP contribution in [0.25, 0.3) is 11.3 Å². The summed E-state index contributed by atoms with van der Waals surface area (Å²) in [6.45, 7) is -0.498. The minimum Gasteiger partial charge on any atom is -0.453 e. The second-order valence-corrected chi connectivity index (χ2v) is 6.49. The van der Waals surface area contributed by atoms with Crippen LogP contribution in [0, 0.1) is 0 Å². The molecule has 1 N–H and O–H groups in total. The topological polar surface area (TPSA) is 85.6 Å². The van der Waals surface area contributed by atoms with Gasteiger partial charge in [0.05, 0.1) is 10.6 Å². The maximum atomic E-state index is 12.3. The summed E-state index contributed by atoms with van der Waals surface area (Å²) in [4.78, 5) is 35.0. The van der Waals surface area contributed by atoms with Crippen LogP contribution in [-0.4, -0.2) is 24.8 Å². The maximum Gasteiger partial charge on any atom is 0.340 e. The minimum absolute atomic E-state index is 0.0683. The van der Waals surface area contributed by atoms with Crippen molar-refractivity contribution in [1.82, 2.24) is 0 Å². The van der Waals surface area contributed by atoms with Crippen LogP contribution in [0.1, 0.15) is 20.9 Å². The van der Waals surface area contributed by atoms with Crippen molar-refractivity contribution in [1.29, 1.82) is 0 Å². The Morgan fingerprint density at radius 1 is 1.07 bits per heavy atom. The Labute approximate surface area is 170 Å². The number of hydrogen-bond acceptors (Lipinski definition) is 5. The van der Waals surface area contributed by atoms with Crippen molar-refractivity contribution < 1.29 is 23.5 Å². The Balaban J connectivity index is 1.67. The van der Waals surface area contributed by atoms with Crippen LogP contribution >= 0.6 is 23.2 Å². The number of carbonyl (C=O) groups excluding carboxylic acids is 3. The molecule has 0 saturated carbocycles. The molecule has 28 heavy (non-hydrogen) atoms. The van der Waals surface area contributed by atoms with Gasteiger partial charge in [0.2, 0.25) is 0 Å². The van der Waals surface area contributed by atoms with E-state index in [1.807, 2.05) is 0 Å². The molecule has 1 heterocycles. The number of halogens is 2. The van der Waals surface area contributed by atoms with E-state index in [2.05, 4.69) is 5.32 Å². The molecule has 0 bridgehead atoms. The van der Waals surface area contributed by atoms with Crippen LogP contribution in [0.4, 0.5) is 5.69 Å². The minimum atomic E-state index is -0.768. The Hall–Kier alpha value is -3.09. The van der Waals surface area contributed by atoms with E-state index in [0.29, 0.717) is 28.3 Å². The standard InChI is InChI=1S/C20H13Cl2NO5/c21-13-2-1-3-14(9-13)23-19(25)11-27-20(26)16-8-12(4-6-17(16)22)18-7-5-15(10-24)28-18/h1-10H,11H2,(H,23,25). The van der Waals surface area contributed by atoms with Gasteiger partial charge in [-0.25, -0.2) is 4.79 Å². The highest BCUT2D eigenvalue weighted by atomic mass is 35.5. The largest absolute Gasteiger partial charge is 0.453 e. The lowest BCUT2D eigenvalue weighted by atomic mass is 10.1. The normalized spacial score (nSPS) is 10.4. The molecule has 0 aliphatic carbocycles. The van der Waals surface area contributed by atoms with E-state index in [1.54, 1.807) is 36.4 Å². The highest BCUT2D eigenvalue weighted by molar-refractivity contribution is 6.33. The zero-order valence-corrected chi connectivity index (χ0v) is 15.8. The van der Waals surface area contributed by atoms with Gasteiger partial charge in [-0.2, -0.15) is 0 Å². The zero-order valence-electron chi connectivity index (χ0n) is 14.3. The molecule has 2 aromatic carbocycles. The Morgan fingerprint density at radius 2 is 1.89 bits per heavy atom. The molecule has 0 aliphatic rings. The van der Waals surface area contributed by atoms with Crippen molar-refractivity contribution in [3.8, 4) is 11.3 Å². The molecule has 1 aromatic heterocycles. The Morgan fingerprint density at radius 3 is 2.61 bits per heavy atom. The van der Waals surface area contributed by atoms with Gasteiger partial charge >= 0.3 is 5.97 Å². The predicted octanol–water partition coefficient (Wildman–Crippen LogP) is 4.86. The van der Waals surface area contributed by atoms with Crippen molar-refractivity contribution >= 4 is 47.1 Å². The number of nitrogens with one attached hydrogen (secondary N) is 1. The Bertz CT molecular complexity index is 1040. The van der Waals surface area contributed by atoms with Crippen LogP contribution in [0.5, 0.6) is 0 Å². The summed E-state index contributed by atoms with van der Waals surface area (Å²) in [5.41, 5.74) is 1.09. The van der Waals surface area contributed by atoms with E-state index in [4.69, 9.17) is 32.4 Å². The van der Waals surface area contributed by atoms with Crippen LogP contribution in [0.15, 0.2) is 59.0 Å². The summed E-state index contributed by atoms with van der Waals surface area (Å²) < 4.78 is 10.4. The lowest BCUT2D eigenvalue weighted by Crippen LogP contribution is -2.21. The quantitative estimate of drug-likeness (QED) is 0.457. The van der Waals surface area contributed by atoms with E-state index < -0.39 is 18.5 Å². The highest BCUT2D eigenvalue weighted by Gasteiger charge is 2.16. The van der Waals surface area contributed by atoms with Crippen LogP contribution < -0.4 is 5.32 Å². The fourth-order valence-electron chi connectivity index (χ4n) is 2.38. The van der Waals surface area contributed by atoms with Gasteiger partial charge in [0.15, 0.2) is 18.7 Å². The molecule has 0 aliphatic heterocycles. The summed E-state index contributed by atoms with van der Waals surface area (Å²) in [5.74, 6) is -0.738. The number of anilines is 1. The lowest BCUT2D eigenvalue weighted by molar-refractivity contribution is -0.119. The molecule has 0 unspecified atom stereocenters. The maximum absolute atomic E-state index is 12.3. The van der Waals surface area contributed by atoms with Gasteiger partial charge in [-0.15, -0.1) is 0 Å². The summed E-state index contributed by atoms with van der Waals surface area (Å²) in [5, 5.41) is 3.19. The van der Waals surface area contributed by atoms with E-state index in [0.717, 1.165) is 0 Å². The highest BCUT2D eigenvalue weighted by Crippen LogP contribution is 2.27. The van der Waals surface area contributed by atoms with Gasteiger partial charge in [0, 0.05) is 16.3 Å². The molecule has 0 saturated heterocycles. The molecule has 3 rings (SSSR count). The SMILES string of the molecule is O=Cc1ccc(-c2ccc(Cl)c(C(=O)OCC(=O)Nc3cccc(Cl)c3)c2)o1. The van der Waals surface area contributed by atoms with Crippen molar-refractivity contribution in [3.05, 3.63) is 76.0 Å². The van der Waals surface area contributed by atoms with Gasteiger partial charge in [-0.3, -0.25) is 9.59 Å². The van der Waals surface area contributed by atoms with E-state index in [9.17, 15) is 14.4 Å². The molecule has 0 spiro atoms.